The summed E-state index contributed by atoms with van der Waals surface area (Å²) in [5.41, 5.74) is 0. The zero-order valence-corrected chi connectivity index (χ0v) is 8.86. The minimum absolute atomic E-state index is 0.00968. The first-order chi connectivity index (χ1) is 7.09. The highest BCUT2D eigenvalue weighted by Gasteiger charge is 2.26. The van der Waals surface area contributed by atoms with Gasteiger partial charge in [-0.15, -0.1) is 0 Å². The van der Waals surface area contributed by atoms with Crippen LogP contribution in [-0.2, 0) is 14.3 Å². The van der Waals surface area contributed by atoms with Gasteiger partial charge in [0.25, 0.3) is 0 Å². The summed E-state index contributed by atoms with van der Waals surface area (Å²) in [6.45, 7) is 2.72. The van der Waals surface area contributed by atoms with Crippen LogP contribution in [0, 0.1) is 5.92 Å². The summed E-state index contributed by atoms with van der Waals surface area (Å²) in [4.78, 5) is 21.6. The summed E-state index contributed by atoms with van der Waals surface area (Å²) in [5, 5.41) is 11.5. The highest BCUT2D eigenvalue weighted by molar-refractivity contribution is 5.75. The van der Waals surface area contributed by atoms with Crippen LogP contribution >= 0.6 is 0 Å². The van der Waals surface area contributed by atoms with Crippen LogP contribution in [0.3, 0.4) is 0 Å². The Morgan fingerprint density at radius 1 is 1.47 bits per heavy atom. The Morgan fingerprint density at radius 2 is 2.07 bits per heavy atom. The van der Waals surface area contributed by atoms with Crippen LogP contribution in [0.25, 0.3) is 0 Å². The van der Waals surface area contributed by atoms with Crippen molar-refractivity contribution in [2.75, 3.05) is 13.2 Å². The van der Waals surface area contributed by atoms with Crippen LogP contribution in [0.15, 0.2) is 0 Å². The van der Waals surface area contributed by atoms with Crippen molar-refractivity contribution in [2.45, 2.75) is 32.2 Å². The predicted molar refractivity (Wildman–Crippen MR) is 53.4 cm³/mol. The largest absolute Gasteiger partial charge is 0.481 e. The monoisotopic (exact) mass is 215 g/mol. The molecule has 0 spiro atoms. The molecule has 1 heterocycles. The summed E-state index contributed by atoms with van der Waals surface area (Å²) in [6, 6.07) is -0.260. The lowest BCUT2D eigenvalue weighted by Gasteiger charge is -2.29. The number of ether oxygens (including phenoxy) is 1. The maximum atomic E-state index is 10.9. The van der Waals surface area contributed by atoms with Crippen molar-refractivity contribution in [3.8, 4) is 0 Å². The van der Waals surface area contributed by atoms with Crippen LogP contribution in [0.1, 0.15) is 26.2 Å². The lowest BCUT2D eigenvalue weighted by molar-refractivity contribution is -0.138. The Bertz CT molecular complexity index is 220. The minimum Gasteiger partial charge on any atom is -0.481 e. The molecule has 1 fully saturated rings. The third-order valence-electron chi connectivity index (χ3n) is 2.62. The van der Waals surface area contributed by atoms with Crippen molar-refractivity contribution in [3.05, 3.63) is 0 Å². The second-order valence-corrected chi connectivity index (χ2v) is 3.85. The van der Waals surface area contributed by atoms with Crippen LogP contribution in [0.4, 0.5) is 0 Å². The molecule has 1 atom stereocenters. The van der Waals surface area contributed by atoms with Crippen LogP contribution < -0.4 is 5.32 Å². The van der Waals surface area contributed by atoms with E-state index in [4.69, 9.17) is 9.84 Å². The molecule has 0 aromatic heterocycles. The first kappa shape index (κ1) is 12.0. The molecular formula is C10H17NO4. The number of hydrogen-bond acceptors (Lipinski definition) is 3. The van der Waals surface area contributed by atoms with Gasteiger partial charge >= 0.3 is 5.97 Å². The molecule has 0 saturated carbocycles. The van der Waals surface area contributed by atoms with Crippen molar-refractivity contribution in [1.82, 2.24) is 5.32 Å². The lowest BCUT2D eigenvalue weighted by atomic mass is 9.89. The molecule has 5 nitrogen and oxygen atoms in total. The molecule has 15 heavy (non-hydrogen) atoms. The second-order valence-electron chi connectivity index (χ2n) is 3.85. The van der Waals surface area contributed by atoms with Gasteiger partial charge in [-0.1, -0.05) is 0 Å². The number of carboxylic acid groups (broad SMARTS) is 1. The molecule has 1 rings (SSSR count). The smallest absolute Gasteiger partial charge is 0.305 e. The molecule has 0 radical (unpaired) electrons. The molecule has 1 aliphatic rings. The molecule has 0 aromatic rings. The molecule has 1 aliphatic heterocycles. The molecule has 1 amide bonds. The minimum atomic E-state index is -0.875. The van der Waals surface area contributed by atoms with Gasteiger partial charge in [0.05, 0.1) is 6.42 Å². The number of hydrogen-bond donors (Lipinski definition) is 2. The van der Waals surface area contributed by atoms with Crippen molar-refractivity contribution in [2.24, 2.45) is 5.92 Å². The van der Waals surface area contributed by atoms with Gasteiger partial charge in [-0.3, -0.25) is 9.59 Å². The van der Waals surface area contributed by atoms with Gasteiger partial charge in [-0.2, -0.15) is 0 Å². The summed E-state index contributed by atoms with van der Waals surface area (Å²) in [5.74, 6) is -0.827. The summed E-state index contributed by atoms with van der Waals surface area (Å²) < 4.78 is 5.20. The van der Waals surface area contributed by atoms with E-state index >= 15 is 0 Å². The van der Waals surface area contributed by atoms with Gasteiger partial charge in [0.1, 0.15) is 0 Å². The zero-order chi connectivity index (χ0) is 11.3. The molecule has 2 N–H and O–H groups in total. The quantitative estimate of drug-likeness (QED) is 0.711. The number of rotatable bonds is 4. The van der Waals surface area contributed by atoms with Crippen molar-refractivity contribution < 1.29 is 19.4 Å². The number of carbonyl (C=O) groups excluding carboxylic acids is 1. The van der Waals surface area contributed by atoms with Gasteiger partial charge in [0.15, 0.2) is 0 Å². The number of carboxylic acids is 1. The maximum absolute atomic E-state index is 10.9. The normalized spacial score (nSPS) is 19.5. The van der Waals surface area contributed by atoms with E-state index in [9.17, 15) is 9.59 Å². The Balaban J connectivity index is 2.52. The third-order valence-corrected chi connectivity index (χ3v) is 2.62. The molecule has 5 heteroatoms. The van der Waals surface area contributed by atoms with Crippen LogP contribution in [0.5, 0.6) is 0 Å². The predicted octanol–water partition coefficient (Wildman–Crippen LogP) is 0.392. The fourth-order valence-corrected chi connectivity index (χ4v) is 1.90. The number of amides is 1. The Kier molecular flexibility index (Phi) is 4.55. The van der Waals surface area contributed by atoms with E-state index in [1.54, 1.807) is 0 Å². The van der Waals surface area contributed by atoms with Crippen molar-refractivity contribution in [1.29, 1.82) is 0 Å². The Morgan fingerprint density at radius 3 is 2.53 bits per heavy atom. The fourth-order valence-electron chi connectivity index (χ4n) is 1.90. The number of aliphatic carboxylic acids is 1. The Hall–Kier alpha value is -1.10. The average molecular weight is 215 g/mol. The van der Waals surface area contributed by atoms with Crippen LogP contribution in [-0.4, -0.2) is 36.2 Å². The molecule has 0 aromatic carbocycles. The van der Waals surface area contributed by atoms with E-state index in [0.717, 1.165) is 12.8 Å². The second kappa shape index (κ2) is 5.70. The number of nitrogens with one attached hydrogen (secondary N) is 1. The zero-order valence-electron chi connectivity index (χ0n) is 8.86. The lowest BCUT2D eigenvalue weighted by Crippen LogP contribution is -2.42. The maximum Gasteiger partial charge on any atom is 0.305 e. The average Bonchev–Trinajstić information content (AvgIpc) is 2.17. The summed E-state index contributed by atoms with van der Waals surface area (Å²) in [6.07, 6.45) is 1.63. The van der Waals surface area contributed by atoms with Gasteiger partial charge in [-0.25, -0.2) is 0 Å². The van der Waals surface area contributed by atoms with Gasteiger partial charge < -0.3 is 15.2 Å². The van der Waals surface area contributed by atoms with E-state index in [2.05, 4.69) is 5.32 Å². The topological polar surface area (TPSA) is 75.6 Å². The van der Waals surface area contributed by atoms with E-state index < -0.39 is 5.97 Å². The third kappa shape index (κ3) is 4.29. The molecule has 86 valence electrons. The highest BCUT2D eigenvalue weighted by atomic mass is 16.5. The van der Waals surface area contributed by atoms with E-state index in [1.807, 2.05) is 0 Å². The molecule has 0 aliphatic carbocycles. The van der Waals surface area contributed by atoms with Crippen molar-refractivity contribution >= 4 is 11.9 Å². The number of carbonyl (C=O) groups is 2. The molecule has 0 bridgehead atoms. The standard InChI is InChI=1S/C10H17NO4/c1-7(12)11-9(6-10(13)14)8-2-4-15-5-3-8/h8-9H,2-6H2,1H3,(H,11,12)(H,13,14)/t9-/m0/s1. The Labute approximate surface area is 88.8 Å². The van der Waals surface area contributed by atoms with E-state index in [1.165, 1.54) is 6.92 Å². The first-order valence-corrected chi connectivity index (χ1v) is 5.16. The highest BCUT2D eigenvalue weighted by Crippen LogP contribution is 2.20. The summed E-state index contributed by atoms with van der Waals surface area (Å²) >= 11 is 0. The van der Waals surface area contributed by atoms with Gasteiger partial charge in [0, 0.05) is 26.2 Å². The van der Waals surface area contributed by atoms with E-state index in [0.29, 0.717) is 13.2 Å². The van der Waals surface area contributed by atoms with E-state index in [-0.39, 0.29) is 24.3 Å². The molecular weight excluding hydrogens is 198 g/mol. The van der Waals surface area contributed by atoms with Gasteiger partial charge in [0.2, 0.25) is 5.91 Å². The molecule has 1 saturated heterocycles. The molecule has 0 unspecified atom stereocenters. The van der Waals surface area contributed by atoms with Gasteiger partial charge in [-0.05, 0) is 18.8 Å². The van der Waals surface area contributed by atoms with Crippen molar-refractivity contribution in [3.63, 3.8) is 0 Å². The fraction of sp³-hybridized carbons (Fsp3) is 0.800. The van der Waals surface area contributed by atoms with Crippen LogP contribution in [0.2, 0.25) is 0 Å². The SMILES string of the molecule is CC(=O)N[C@@H](CC(=O)O)C1CCOCC1. The first-order valence-electron chi connectivity index (χ1n) is 5.16. The summed E-state index contributed by atoms with van der Waals surface area (Å²) in [7, 11) is 0.